The zero-order chi connectivity index (χ0) is 18.5. The van der Waals surface area contributed by atoms with E-state index in [1.54, 1.807) is 0 Å². The van der Waals surface area contributed by atoms with E-state index in [4.69, 9.17) is 4.74 Å². The second-order valence-corrected chi connectivity index (χ2v) is 7.00. The molecule has 0 saturated heterocycles. The molecule has 1 aromatic rings. The Morgan fingerprint density at radius 1 is 0.960 bits per heavy atom. The average molecular weight is 347 g/mol. The van der Waals surface area contributed by atoms with Crippen LogP contribution < -0.4 is 0 Å². The average Bonchev–Trinajstić information content (AvgIpc) is 2.61. The van der Waals surface area contributed by atoms with Gasteiger partial charge in [0.05, 0.1) is 12.5 Å². The monoisotopic (exact) mass is 346 g/mol. The number of ether oxygens (including phenoxy) is 1. The van der Waals surface area contributed by atoms with Gasteiger partial charge in [0, 0.05) is 6.42 Å². The predicted octanol–water partition coefficient (Wildman–Crippen LogP) is 5.68. The minimum atomic E-state index is -0.399. The van der Waals surface area contributed by atoms with Crippen LogP contribution in [0.3, 0.4) is 0 Å². The first-order valence-electron chi connectivity index (χ1n) is 9.77. The first-order valence-corrected chi connectivity index (χ1v) is 9.77. The maximum absolute atomic E-state index is 12.5. The third-order valence-electron chi connectivity index (χ3n) is 4.73. The number of unbranched alkanes of at least 4 members (excludes halogenated alkanes) is 6. The van der Waals surface area contributed by atoms with Crippen LogP contribution >= 0.6 is 0 Å². The standard InChI is InChI=1S/C22H34O3/c1-4-5-6-7-8-9-13-16-25-22(24)21(17-18(2)23)19(3)20-14-11-10-12-15-20/h10-12,14-15,19,21H,4-9,13,16-17H2,1-3H3. The van der Waals surface area contributed by atoms with E-state index in [0.29, 0.717) is 6.61 Å². The summed E-state index contributed by atoms with van der Waals surface area (Å²) in [7, 11) is 0. The van der Waals surface area contributed by atoms with Crippen LogP contribution in [-0.4, -0.2) is 18.4 Å². The van der Waals surface area contributed by atoms with Crippen LogP contribution in [0.15, 0.2) is 30.3 Å². The first kappa shape index (κ1) is 21.4. The summed E-state index contributed by atoms with van der Waals surface area (Å²) in [6, 6.07) is 9.87. The first-order chi connectivity index (χ1) is 12.1. The van der Waals surface area contributed by atoms with E-state index in [0.717, 1.165) is 18.4 Å². The maximum Gasteiger partial charge on any atom is 0.309 e. The zero-order valence-corrected chi connectivity index (χ0v) is 16.1. The van der Waals surface area contributed by atoms with Gasteiger partial charge in [-0.2, -0.15) is 0 Å². The highest BCUT2D eigenvalue weighted by Gasteiger charge is 2.28. The van der Waals surface area contributed by atoms with Gasteiger partial charge in [0.2, 0.25) is 0 Å². The SMILES string of the molecule is CCCCCCCCCOC(=O)C(CC(C)=O)C(C)c1ccccc1. The van der Waals surface area contributed by atoms with E-state index < -0.39 is 5.92 Å². The van der Waals surface area contributed by atoms with E-state index in [-0.39, 0.29) is 24.1 Å². The highest BCUT2D eigenvalue weighted by molar-refractivity contribution is 5.83. The van der Waals surface area contributed by atoms with E-state index in [1.165, 1.54) is 39.0 Å². The molecule has 0 bridgehead atoms. The second kappa shape index (κ2) is 12.7. The summed E-state index contributed by atoms with van der Waals surface area (Å²) < 4.78 is 5.48. The molecule has 0 aliphatic heterocycles. The Morgan fingerprint density at radius 3 is 2.16 bits per heavy atom. The topological polar surface area (TPSA) is 43.4 Å². The normalized spacial score (nSPS) is 13.2. The van der Waals surface area contributed by atoms with Crippen LogP contribution in [0.4, 0.5) is 0 Å². The van der Waals surface area contributed by atoms with Crippen molar-refractivity contribution in [1.29, 1.82) is 0 Å². The van der Waals surface area contributed by atoms with Crippen molar-refractivity contribution in [3.8, 4) is 0 Å². The summed E-state index contributed by atoms with van der Waals surface area (Å²) in [5.74, 6) is -0.630. The molecule has 0 aliphatic carbocycles. The number of carbonyl (C=O) groups is 2. The molecule has 3 heteroatoms. The Kier molecular flexibility index (Phi) is 10.9. The number of esters is 1. The lowest BCUT2D eigenvalue weighted by Gasteiger charge is -2.22. The predicted molar refractivity (Wildman–Crippen MR) is 103 cm³/mol. The highest BCUT2D eigenvalue weighted by atomic mass is 16.5. The molecular formula is C22H34O3. The molecule has 0 N–H and O–H groups in total. The number of hydrogen-bond acceptors (Lipinski definition) is 3. The maximum atomic E-state index is 12.5. The van der Waals surface area contributed by atoms with E-state index in [1.807, 2.05) is 37.3 Å². The molecule has 140 valence electrons. The number of hydrogen-bond donors (Lipinski definition) is 0. The van der Waals surface area contributed by atoms with Crippen molar-refractivity contribution in [3.05, 3.63) is 35.9 Å². The van der Waals surface area contributed by atoms with Crippen molar-refractivity contribution in [2.24, 2.45) is 5.92 Å². The van der Waals surface area contributed by atoms with Crippen molar-refractivity contribution < 1.29 is 14.3 Å². The van der Waals surface area contributed by atoms with Gasteiger partial charge in [-0.15, -0.1) is 0 Å². The van der Waals surface area contributed by atoms with Gasteiger partial charge < -0.3 is 9.53 Å². The summed E-state index contributed by atoms with van der Waals surface area (Å²) in [6.07, 6.45) is 8.58. The van der Waals surface area contributed by atoms with Crippen molar-refractivity contribution in [2.45, 2.75) is 78.1 Å². The molecule has 0 spiro atoms. The minimum absolute atomic E-state index is 0.0216. The van der Waals surface area contributed by atoms with Crippen molar-refractivity contribution in [2.75, 3.05) is 6.61 Å². The Balaban J connectivity index is 2.42. The van der Waals surface area contributed by atoms with Crippen LogP contribution in [0.1, 0.15) is 83.6 Å². The largest absolute Gasteiger partial charge is 0.465 e. The summed E-state index contributed by atoms with van der Waals surface area (Å²) in [4.78, 5) is 24.1. The van der Waals surface area contributed by atoms with Gasteiger partial charge >= 0.3 is 5.97 Å². The van der Waals surface area contributed by atoms with Crippen LogP contribution in [0.25, 0.3) is 0 Å². The summed E-state index contributed by atoms with van der Waals surface area (Å²) in [5.41, 5.74) is 1.07. The number of Topliss-reactive ketones (excluding diaryl/α,β-unsaturated/α-hetero) is 1. The molecule has 2 atom stereocenters. The van der Waals surface area contributed by atoms with Crippen LogP contribution in [0, 0.1) is 5.92 Å². The lowest BCUT2D eigenvalue weighted by Crippen LogP contribution is -2.25. The second-order valence-electron chi connectivity index (χ2n) is 7.00. The lowest BCUT2D eigenvalue weighted by molar-refractivity contribution is -0.151. The fraction of sp³-hybridized carbons (Fsp3) is 0.636. The van der Waals surface area contributed by atoms with Gasteiger partial charge in [0.15, 0.2) is 0 Å². The number of ketones is 1. The summed E-state index contributed by atoms with van der Waals surface area (Å²) >= 11 is 0. The van der Waals surface area contributed by atoms with Gasteiger partial charge in [-0.1, -0.05) is 82.7 Å². The van der Waals surface area contributed by atoms with Gasteiger partial charge in [-0.3, -0.25) is 4.79 Å². The highest BCUT2D eigenvalue weighted by Crippen LogP contribution is 2.28. The Hall–Kier alpha value is -1.64. The molecule has 3 nitrogen and oxygen atoms in total. The number of rotatable bonds is 13. The molecular weight excluding hydrogens is 312 g/mol. The molecule has 1 aromatic carbocycles. The molecule has 0 heterocycles. The Bertz CT molecular complexity index is 495. The van der Waals surface area contributed by atoms with Crippen LogP contribution in [0.5, 0.6) is 0 Å². The molecule has 0 aliphatic rings. The molecule has 0 saturated carbocycles. The van der Waals surface area contributed by atoms with E-state index >= 15 is 0 Å². The van der Waals surface area contributed by atoms with E-state index in [9.17, 15) is 9.59 Å². The van der Waals surface area contributed by atoms with Crippen LogP contribution in [0.2, 0.25) is 0 Å². The zero-order valence-electron chi connectivity index (χ0n) is 16.1. The van der Waals surface area contributed by atoms with Gasteiger partial charge in [0.25, 0.3) is 0 Å². The van der Waals surface area contributed by atoms with Crippen molar-refractivity contribution in [3.63, 3.8) is 0 Å². The lowest BCUT2D eigenvalue weighted by atomic mass is 9.84. The molecule has 0 amide bonds. The molecule has 0 radical (unpaired) electrons. The Labute approximate surface area is 153 Å². The number of benzene rings is 1. The van der Waals surface area contributed by atoms with Crippen molar-refractivity contribution >= 4 is 11.8 Å². The molecule has 0 aromatic heterocycles. The quantitative estimate of drug-likeness (QED) is 0.341. The number of carbonyl (C=O) groups excluding carboxylic acids is 2. The van der Waals surface area contributed by atoms with Gasteiger partial charge in [-0.25, -0.2) is 0 Å². The van der Waals surface area contributed by atoms with Crippen LogP contribution in [-0.2, 0) is 14.3 Å². The van der Waals surface area contributed by atoms with Gasteiger partial charge in [0.1, 0.15) is 5.78 Å². The smallest absolute Gasteiger partial charge is 0.309 e. The fourth-order valence-electron chi connectivity index (χ4n) is 3.10. The van der Waals surface area contributed by atoms with Gasteiger partial charge in [-0.05, 0) is 24.8 Å². The third-order valence-corrected chi connectivity index (χ3v) is 4.73. The molecule has 25 heavy (non-hydrogen) atoms. The molecule has 0 fully saturated rings. The summed E-state index contributed by atoms with van der Waals surface area (Å²) in [6.45, 7) is 6.21. The molecule has 1 rings (SSSR count). The van der Waals surface area contributed by atoms with Crippen molar-refractivity contribution in [1.82, 2.24) is 0 Å². The third kappa shape index (κ3) is 8.85. The Morgan fingerprint density at radius 2 is 1.56 bits per heavy atom. The fourth-order valence-corrected chi connectivity index (χ4v) is 3.10. The molecule has 2 unspecified atom stereocenters. The summed E-state index contributed by atoms with van der Waals surface area (Å²) in [5, 5.41) is 0. The van der Waals surface area contributed by atoms with E-state index in [2.05, 4.69) is 6.92 Å². The minimum Gasteiger partial charge on any atom is -0.465 e.